The summed E-state index contributed by atoms with van der Waals surface area (Å²) < 4.78 is 0. The molecular weight excluding hydrogens is 224 g/mol. The highest BCUT2D eigenvalue weighted by Gasteiger charge is 1.99. The molecule has 0 aliphatic rings. The average molecular weight is 240 g/mol. The molecule has 0 atom stereocenters. The highest BCUT2D eigenvalue weighted by molar-refractivity contribution is 8.81. The smallest absolute Gasteiger partial charge is 0.161 e. The van der Waals surface area contributed by atoms with Crippen LogP contribution in [0.5, 0.6) is 0 Å². The molecule has 1 aromatic rings. The predicted molar refractivity (Wildman–Crippen MR) is 71.3 cm³/mol. The lowest BCUT2D eigenvalue weighted by atomic mass is 10.0. The van der Waals surface area contributed by atoms with Gasteiger partial charge in [-0.15, -0.1) is 0 Å². The van der Waals surface area contributed by atoms with Crippen LogP contribution in [-0.2, 0) is 5.75 Å². The fourth-order valence-corrected chi connectivity index (χ4v) is 2.64. The number of nitrogens with two attached hydrogens (primary N) is 1. The van der Waals surface area contributed by atoms with Crippen LogP contribution >= 0.6 is 21.6 Å². The Morgan fingerprint density at radius 2 is 1.93 bits per heavy atom. The summed E-state index contributed by atoms with van der Waals surface area (Å²) in [4.78, 5) is 0. The van der Waals surface area contributed by atoms with E-state index in [4.69, 9.17) is 11.1 Å². The van der Waals surface area contributed by atoms with E-state index in [2.05, 4.69) is 38.1 Å². The van der Waals surface area contributed by atoms with Crippen LogP contribution in [0.25, 0.3) is 0 Å². The van der Waals surface area contributed by atoms with Crippen LogP contribution in [0.15, 0.2) is 24.3 Å². The zero-order valence-corrected chi connectivity index (χ0v) is 10.6. The largest absolute Gasteiger partial charge is 0.378 e. The minimum Gasteiger partial charge on any atom is -0.378 e. The van der Waals surface area contributed by atoms with E-state index < -0.39 is 0 Å². The maximum atomic E-state index is 7.07. The van der Waals surface area contributed by atoms with Gasteiger partial charge in [-0.3, -0.25) is 5.41 Å². The van der Waals surface area contributed by atoms with Crippen LogP contribution in [0.2, 0.25) is 0 Å². The van der Waals surface area contributed by atoms with Crippen molar-refractivity contribution in [1.82, 2.24) is 0 Å². The summed E-state index contributed by atoms with van der Waals surface area (Å²) in [5, 5.41) is 7.24. The van der Waals surface area contributed by atoms with E-state index in [1.54, 1.807) is 10.8 Å². The van der Waals surface area contributed by atoms with Crippen molar-refractivity contribution >= 4 is 26.8 Å². The van der Waals surface area contributed by atoms with E-state index in [-0.39, 0.29) is 5.17 Å². The molecule has 15 heavy (non-hydrogen) atoms. The van der Waals surface area contributed by atoms with Gasteiger partial charge in [-0.25, -0.2) is 0 Å². The first kappa shape index (κ1) is 12.5. The Hall–Kier alpha value is -0.610. The van der Waals surface area contributed by atoms with Gasteiger partial charge in [0, 0.05) is 5.75 Å². The Morgan fingerprint density at radius 1 is 1.33 bits per heavy atom. The minimum absolute atomic E-state index is 0.166. The molecule has 2 nitrogen and oxygen atoms in total. The lowest BCUT2D eigenvalue weighted by Gasteiger charge is -2.06. The SMILES string of the molecule is CC(C)c1ccc(CSSC(=N)N)cc1. The zero-order valence-electron chi connectivity index (χ0n) is 8.99. The van der Waals surface area contributed by atoms with Crippen molar-refractivity contribution in [3.8, 4) is 0 Å². The molecule has 4 heteroatoms. The van der Waals surface area contributed by atoms with Crippen molar-refractivity contribution < 1.29 is 0 Å². The molecule has 0 saturated heterocycles. The van der Waals surface area contributed by atoms with E-state index >= 15 is 0 Å². The second-order valence-electron chi connectivity index (χ2n) is 3.61. The predicted octanol–water partition coefficient (Wildman–Crippen LogP) is 3.58. The lowest BCUT2D eigenvalue weighted by molar-refractivity contribution is 0.866. The Kier molecular flexibility index (Phi) is 5.05. The van der Waals surface area contributed by atoms with Crippen LogP contribution in [0.1, 0.15) is 30.9 Å². The van der Waals surface area contributed by atoms with E-state index in [9.17, 15) is 0 Å². The highest BCUT2D eigenvalue weighted by Crippen LogP contribution is 2.25. The van der Waals surface area contributed by atoms with Gasteiger partial charge < -0.3 is 5.73 Å². The standard InChI is InChI=1S/C11H16N2S2/c1-8(2)10-5-3-9(4-6-10)7-14-15-11(12)13/h3-6,8H,7H2,1-2H3,(H3,12,13). The van der Waals surface area contributed by atoms with E-state index in [0.29, 0.717) is 5.92 Å². The molecule has 82 valence electrons. The number of nitrogens with one attached hydrogen (secondary N) is 1. The number of rotatable bonds is 4. The number of hydrogen-bond acceptors (Lipinski definition) is 3. The van der Waals surface area contributed by atoms with E-state index in [1.165, 1.54) is 21.9 Å². The molecule has 0 fully saturated rings. The molecule has 0 saturated carbocycles. The van der Waals surface area contributed by atoms with Crippen molar-refractivity contribution in [3.05, 3.63) is 35.4 Å². The Bertz CT molecular complexity index is 320. The van der Waals surface area contributed by atoms with Crippen molar-refractivity contribution in [2.75, 3.05) is 0 Å². The molecule has 3 N–H and O–H groups in total. The van der Waals surface area contributed by atoms with Crippen LogP contribution in [0, 0.1) is 5.41 Å². The van der Waals surface area contributed by atoms with Crippen molar-refractivity contribution in [2.24, 2.45) is 5.73 Å². The molecule has 1 rings (SSSR count). The van der Waals surface area contributed by atoms with Gasteiger partial charge in [-0.1, -0.05) is 48.9 Å². The average Bonchev–Trinajstić information content (AvgIpc) is 2.18. The number of amidine groups is 1. The van der Waals surface area contributed by atoms with Gasteiger partial charge in [0.2, 0.25) is 0 Å². The summed E-state index contributed by atoms with van der Waals surface area (Å²) in [5.74, 6) is 1.47. The van der Waals surface area contributed by atoms with Gasteiger partial charge in [0.15, 0.2) is 5.17 Å². The van der Waals surface area contributed by atoms with Gasteiger partial charge in [-0.2, -0.15) is 0 Å². The molecule has 0 spiro atoms. The molecule has 0 amide bonds. The maximum Gasteiger partial charge on any atom is 0.161 e. The molecule has 1 aromatic carbocycles. The summed E-state index contributed by atoms with van der Waals surface area (Å²) in [7, 11) is 2.91. The normalized spacial score (nSPS) is 10.6. The lowest BCUT2D eigenvalue weighted by Crippen LogP contribution is -2.01. The van der Waals surface area contributed by atoms with Gasteiger partial charge in [-0.05, 0) is 27.8 Å². The first-order valence-corrected chi connectivity index (χ1v) is 7.14. The van der Waals surface area contributed by atoms with Crippen LogP contribution in [0.3, 0.4) is 0 Å². The molecule has 0 bridgehead atoms. The Morgan fingerprint density at radius 3 is 2.40 bits per heavy atom. The summed E-state index contributed by atoms with van der Waals surface area (Å²) in [6, 6.07) is 8.62. The summed E-state index contributed by atoms with van der Waals surface area (Å²) in [6.07, 6.45) is 0. The summed E-state index contributed by atoms with van der Waals surface area (Å²) in [5.41, 5.74) is 7.89. The fraction of sp³-hybridized carbons (Fsp3) is 0.364. The van der Waals surface area contributed by atoms with Gasteiger partial charge in [0.1, 0.15) is 0 Å². The third kappa shape index (κ3) is 4.62. The highest BCUT2D eigenvalue weighted by atomic mass is 33.1. The van der Waals surface area contributed by atoms with Gasteiger partial charge in [0.05, 0.1) is 0 Å². The summed E-state index contributed by atoms with van der Waals surface area (Å²) in [6.45, 7) is 4.38. The van der Waals surface area contributed by atoms with Crippen molar-refractivity contribution in [2.45, 2.75) is 25.5 Å². The van der Waals surface area contributed by atoms with Gasteiger partial charge in [0.25, 0.3) is 0 Å². The van der Waals surface area contributed by atoms with Crippen molar-refractivity contribution in [3.63, 3.8) is 0 Å². The second kappa shape index (κ2) is 6.08. The second-order valence-corrected chi connectivity index (χ2v) is 5.94. The minimum atomic E-state index is 0.166. The van der Waals surface area contributed by atoms with Crippen LogP contribution < -0.4 is 5.73 Å². The third-order valence-corrected chi connectivity index (χ3v) is 4.02. The first-order chi connectivity index (χ1) is 7.09. The fourth-order valence-electron chi connectivity index (χ4n) is 1.16. The Labute approximate surface area is 98.9 Å². The molecule has 0 aromatic heterocycles. The quantitative estimate of drug-likeness (QED) is 0.480. The van der Waals surface area contributed by atoms with Crippen LogP contribution in [0.4, 0.5) is 0 Å². The van der Waals surface area contributed by atoms with Crippen LogP contribution in [-0.4, -0.2) is 5.17 Å². The van der Waals surface area contributed by atoms with E-state index in [0.717, 1.165) is 5.75 Å². The molecule has 0 unspecified atom stereocenters. The molecule has 0 aliphatic carbocycles. The molecule has 0 radical (unpaired) electrons. The topological polar surface area (TPSA) is 49.9 Å². The van der Waals surface area contributed by atoms with Crippen molar-refractivity contribution in [1.29, 1.82) is 5.41 Å². The first-order valence-electron chi connectivity index (χ1n) is 4.82. The maximum absolute atomic E-state index is 7.07. The number of hydrogen-bond donors (Lipinski definition) is 2. The molecule has 0 aliphatic heterocycles. The zero-order chi connectivity index (χ0) is 11.3. The van der Waals surface area contributed by atoms with Gasteiger partial charge >= 0.3 is 0 Å². The van der Waals surface area contributed by atoms with E-state index in [1.807, 2.05) is 0 Å². The molecular formula is C11H16N2S2. The third-order valence-electron chi connectivity index (χ3n) is 2.02. The molecule has 0 heterocycles. The monoisotopic (exact) mass is 240 g/mol. The summed E-state index contributed by atoms with van der Waals surface area (Å²) >= 11 is 0. The Balaban J connectivity index is 2.46. The number of benzene rings is 1.